The average Bonchev–Trinajstić information content (AvgIpc) is 3.17. The number of aromatic nitrogens is 2. The zero-order chi connectivity index (χ0) is 16.5. The molecule has 4 nitrogen and oxygen atoms in total. The Kier molecular flexibility index (Phi) is 3.98. The van der Waals surface area contributed by atoms with Crippen LogP contribution in [0.1, 0.15) is 25.5 Å². The van der Waals surface area contributed by atoms with Crippen LogP contribution >= 0.6 is 0 Å². The van der Waals surface area contributed by atoms with Crippen molar-refractivity contribution in [2.45, 2.75) is 32.2 Å². The third kappa shape index (κ3) is 3.02. The van der Waals surface area contributed by atoms with Crippen LogP contribution in [0.25, 0.3) is 16.8 Å². The van der Waals surface area contributed by atoms with Crippen LogP contribution in [-0.4, -0.2) is 33.4 Å². The van der Waals surface area contributed by atoms with E-state index in [0.717, 1.165) is 41.5 Å². The normalized spacial score (nSPS) is 18.5. The molecule has 1 atom stereocenters. The van der Waals surface area contributed by atoms with Gasteiger partial charge >= 0.3 is 0 Å². The van der Waals surface area contributed by atoms with Gasteiger partial charge in [0.1, 0.15) is 5.65 Å². The first-order chi connectivity index (χ1) is 11.7. The van der Waals surface area contributed by atoms with Crippen molar-refractivity contribution in [1.82, 2.24) is 14.3 Å². The molecular formula is C20H24N4. The highest BCUT2D eigenvalue weighted by atomic mass is 15.2. The SMILES string of the molecule is C[C@@H]1CCCN1CCc1cn2cc(-c3cccc(N)c3)ccc2n1. The van der Waals surface area contributed by atoms with E-state index in [1.807, 2.05) is 18.2 Å². The van der Waals surface area contributed by atoms with Gasteiger partial charge in [-0.25, -0.2) is 4.98 Å². The van der Waals surface area contributed by atoms with E-state index in [4.69, 9.17) is 10.7 Å². The number of hydrogen-bond donors (Lipinski definition) is 1. The number of pyridine rings is 1. The van der Waals surface area contributed by atoms with Crippen LogP contribution in [0.5, 0.6) is 0 Å². The van der Waals surface area contributed by atoms with Gasteiger partial charge in [-0.15, -0.1) is 0 Å². The molecular weight excluding hydrogens is 296 g/mol. The standard InChI is InChI=1S/C20H24N4/c1-15-4-3-10-23(15)11-9-19-14-24-13-17(7-8-20(24)22-19)16-5-2-6-18(21)12-16/h2,5-8,12-15H,3-4,9-11,21H2,1H3/t15-/m1/s1. The minimum Gasteiger partial charge on any atom is -0.399 e. The molecule has 0 amide bonds. The van der Waals surface area contributed by atoms with E-state index < -0.39 is 0 Å². The molecule has 0 bridgehead atoms. The summed E-state index contributed by atoms with van der Waals surface area (Å²) < 4.78 is 2.13. The van der Waals surface area contributed by atoms with Gasteiger partial charge in [-0.3, -0.25) is 0 Å². The van der Waals surface area contributed by atoms with Gasteiger partial charge in [0.2, 0.25) is 0 Å². The molecule has 0 spiro atoms. The van der Waals surface area contributed by atoms with Crippen molar-refractivity contribution in [3.05, 3.63) is 54.5 Å². The minimum atomic E-state index is 0.720. The first kappa shape index (κ1) is 15.2. The largest absolute Gasteiger partial charge is 0.399 e. The van der Waals surface area contributed by atoms with Crippen LogP contribution in [0.3, 0.4) is 0 Å². The van der Waals surface area contributed by atoms with E-state index in [2.05, 4.69) is 46.8 Å². The Morgan fingerprint density at radius 1 is 1.17 bits per heavy atom. The summed E-state index contributed by atoms with van der Waals surface area (Å²) in [6.07, 6.45) is 7.97. The lowest BCUT2D eigenvalue weighted by Crippen LogP contribution is -2.29. The molecule has 2 aromatic heterocycles. The molecule has 1 fully saturated rings. The molecule has 2 N–H and O–H groups in total. The third-order valence-electron chi connectivity index (χ3n) is 5.07. The summed E-state index contributed by atoms with van der Waals surface area (Å²) >= 11 is 0. The second-order valence-electron chi connectivity index (χ2n) is 6.82. The molecule has 1 aliphatic rings. The second-order valence-corrected chi connectivity index (χ2v) is 6.82. The lowest BCUT2D eigenvalue weighted by molar-refractivity contribution is 0.271. The highest BCUT2D eigenvalue weighted by molar-refractivity contribution is 5.68. The van der Waals surface area contributed by atoms with Crippen LogP contribution < -0.4 is 5.73 Å². The number of anilines is 1. The lowest BCUT2D eigenvalue weighted by Gasteiger charge is -2.19. The minimum absolute atomic E-state index is 0.720. The van der Waals surface area contributed by atoms with E-state index in [1.54, 1.807) is 0 Å². The Labute approximate surface area is 142 Å². The van der Waals surface area contributed by atoms with Gasteiger partial charge in [0, 0.05) is 37.1 Å². The lowest BCUT2D eigenvalue weighted by atomic mass is 10.1. The molecule has 0 aliphatic carbocycles. The number of hydrogen-bond acceptors (Lipinski definition) is 3. The summed E-state index contributed by atoms with van der Waals surface area (Å²) in [7, 11) is 0. The van der Waals surface area contributed by atoms with Crippen LogP contribution in [0.4, 0.5) is 5.69 Å². The van der Waals surface area contributed by atoms with Crippen molar-refractivity contribution < 1.29 is 0 Å². The molecule has 0 unspecified atom stereocenters. The summed E-state index contributed by atoms with van der Waals surface area (Å²) in [5.41, 5.74) is 11.2. The first-order valence-corrected chi connectivity index (χ1v) is 8.77. The van der Waals surface area contributed by atoms with E-state index in [1.165, 1.54) is 25.1 Å². The maximum Gasteiger partial charge on any atom is 0.137 e. The third-order valence-corrected chi connectivity index (χ3v) is 5.07. The Hall–Kier alpha value is -2.33. The fourth-order valence-corrected chi connectivity index (χ4v) is 3.64. The fraction of sp³-hybridized carbons (Fsp3) is 0.350. The Balaban J connectivity index is 1.55. The number of nitrogens with zero attached hydrogens (tertiary/aromatic N) is 3. The zero-order valence-corrected chi connectivity index (χ0v) is 14.2. The Morgan fingerprint density at radius 3 is 2.88 bits per heavy atom. The molecule has 0 radical (unpaired) electrons. The van der Waals surface area contributed by atoms with E-state index in [0.29, 0.717) is 0 Å². The van der Waals surface area contributed by atoms with Crippen molar-refractivity contribution >= 4 is 11.3 Å². The smallest absolute Gasteiger partial charge is 0.137 e. The van der Waals surface area contributed by atoms with Crippen molar-refractivity contribution in [3.8, 4) is 11.1 Å². The van der Waals surface area contributed by atoms with E-state index >= 15 is 0 Å². The number of benzene rings is 1. The van der Waals surface area contributed by atoms with Gasteiger partial charge in [0.15, 0.2) is 0 Å². The zero-order valence-electron chi connectivity index (χ0n) is 14.2. The summed E-state index contributed by atoms with van der Waals surface area (Å²) in [6, 6.07) is 12.9. The van der Waals surface area contributed by atoms with Gasteiger partial charge in [0.25, 0.3) is 0 Å². The molecule has 4 heteroatoms. The van der Waals surface area contributed by atoms with Crippen molar-refractivity contribution in [1.29, 1.82) is 0 Å². The molecule has 1 saturated heterocycles. The van der Waals surface area contributed by atoms with Crippen LogP contribution in [0.15, 0.2) is 48.8 Å². The van der Waals surface area contributed by atoms with Gasteiger partial charge < -0.3 is 15.0 Å². The van der Waals surface area contributed by atoms with Crippen LogP contribution in [0, 0.1) is 0 Å². The number of rotatable bonds is 4. The number of nitrogens with two attached hydrogens (primary N) is 1. The van der Waals surface area contributed by atoms with Crippen LogP contribution in [-0.2, 0) is 6.42 Å². The average molecular weight is 320 g/mol. The van der Waals surface area contributed by atoms with E-state index in [9.17, 15) is 0 Å². The van der Waals surface area contributed by atoms with Crippen molar-refractivity contribution in [2.75, 3.05) is 18.8 Å². The van der Waals surface area contributed by atoms with Gasteiger partial charge in [0.05, 0.1) is 5.69 Å². The summed E-state index contributed by atoms with van der Waals surface area (Å²) in [5.74, 6) is 0. The Bertz CT molecular complexity index is 852. The summed E-state index contributed by atoms with van der Waals surface area (Å²) in [5, 5.41) is 0. The quantitative estimate of drug-likeness (QED) is 0.747. The number of imidazole rings is 1. The fourth-order valence-electron chi connectivity index (χ4n) is 3.64. The molecule has 4 rings (SSSR count). The van der Waals surface area contributed by atoms with Gasteiger partial charge in [-0.2, -0.15) is 0 Å². The molecule has 0 saturated carbocycles. The molecule has 3 heterocycles. The monoisotopic (exact) mass is 320 g/mol. The number of likely N-dealkylation sites (tertiary alicyclic amines) is 1. The highest BCUT2D eigenvalue weighted by Gasteiger charge is 2.19. The first-order valence-electron chi connectivity index (χ1n) is 8.77. The molecule has 1 aliphatic heterocycles. The maximum atomic E-state index is 5.90. The van der Waals surface area contributed by atoms with E-state index in [-0.39, 0.29) is 0 Å². The summed E-state index contributed by atoms with van der Waals surface area (Å²) in [6.45, 7) is 4.66. The topological polar surface area (TPSA) is 46.6 Å². The molecule has 124 valence electrons. The van der Waals surface area contributed by atoms with Gasteiger partial charge in [-0.05, 0) is 61.7 Å². The Morgan fingerprint density at radius 2 is 2.08 bits per heavy atom. The summed E-state index contributed by atoms with van der Waals surface area (Å²) in [4.78, 5) is 7.33. The van der Waals surface area contributed by atoms with Gasteiger partial charge in [-0.1, -0.05) is 12.1 Å². The maximum absolute atomic E-state index is 5.90. The predicted molar refractivity (Wildman–Crippen MR) is 99.0 cm³/mol. The van der Waals surface area contributed by atoms with Crippen molar-refractivity contribution in [3.63, 3.8) is 0 Å². The molecule has 1 aromatic carbocycles. The van der Waals surface area contributed by atoms with Crippen LogP contribution in [0.2, 0.25) is 0 Å². The van der Waals surface area contributed by atoms with Crippen molar-refractivity contribution in [2.24, 2.45) is 0 Å². The second kappa shape index (κ2) is 6.29. The molecule has 24 heavy (non-hydrogen) atoms. The number of nitrogen functional groups attached to an aromatic ring is 1. The predicted octanol–water partition coefficient (Wildman–Crippen LogP) is 3.61. The number of fused-ring (bicyclic) bond motifs is 1. The highest BCUT2D eigenvalue weighted by Crippen LogP contribution is 2.22. The molecule has 3 aromatic rings.